The Bertz CT molecular complexity index is 927. The second-order valence-electron chi connectivity index (χ2n) is 6.70. The molecule has 1 aromatic carbocycles. The fourth-order valence-corrected chi connectivity index (χ4v) is 3.59. The quantitative estimate of drug-likeness (QED) is 0.611. The van der Waals surface area contributed by atoms with Gasteiger partial charge in [-0.15, -0.1) is 5.10 Å². The van der Waals surface area contributed by atoms with Crippen LogP contribution in [0.1, 0.15) is 19.3 Å². The smallest absolute Gasteiger partial charge is 0.322 e. The molecule has 2 aliphatic rings. The van der Waals surface area contributed by atoms with Gasteiger partial charge < -0.3 is 4.42 Å². The van der Waals surface area contributed by atoms with E-state index in [0.717, 1.165) is 0 Å². The molecule has 3 amide bonds. The third-order valence-corrected chi connectivity index (χ3v) is 5.18. The minimum atomic E-state index is -0.417. The second-order valence-corrected chi connectivity index (χ2v) is 7.14. The fraction of sp³-hybridized carbons (Fsp3) is 0.316. The molecule has 8 nitrogen and oxygen atoms in total. The number of hydrogen-bond donors (Lipinski definition) is 1. The van der Waals surface area contributed by atoms with Crippen molar-refractivity contribution < 1.29 is 18.8 Å². The molecule has 2 heterocycles. The Morgan fingerprint density at radius 3 is 2.39 bits per heavy atom. The van der Waals surface area contributed by atoms with Crippen LogP contribution < -0.4 is 5.32 Å². The number of carbonyl (C=O) groups excluding carboxylic acids is 3. The molecule has 0 saturated carbocycles. The summed E-state index contributed by atoms with van der Waals surface area (Å²) in [6, 6.07) is 6.78. The van der Waals surface area contributed by atoms with Gasteiger partial charge in [0, 0.05) is 23.6 Å². The van der Waals surface area contributed by atoms with Gasteiger partial charge >= 0.3 is 6.01 Å². The number of benzene rings is 1. The predicted molar refractivity (Wildman–Crippen MR) is 100 cm³/mol. The second kappa shape index (κ2) is 7.55. The average molecular weight is 401 g/mol. The lowest BCUT2D eigenvalue weighted by Gasteiger charge is -2.14. The van der Waals surface area contributed by atoms with Gasteiger partial charge in [0.05, 0.1) is 11.8 Å². The van der Waals surface area contributed by atoms with Crippen molar-refractivity contribution in [3.63, 3.8) is 0 Å². The number of anilines is 1. The zero-order chi connectivity index (χ0) is 19.7. The molecule has 0 bridgehead atoms. The van der Waals surface area contributed by atoms with Crippen molar-refractivity contribution >= 4 is 35.3 Å². The van der Waals surface area contributed by atoms with Crippen LogP contribution >= 0.6 is 11.6 Å². The molecular formula is C19H17ClN4O4. The van der Waals surface area contributed by atoms with Crippen molar-refractivity contribution in [2.45, 2.75) is 19.3 Å². The highest BCUT2D eigenvalue weighted by molar-refractivity contribution is 6.30. The highest BCUT2D eigenvalue weighted by Gasteiger charge is 2.46. The lowest BCUT2D eigenvalue weighted by molar-refractivity contribution is -0.140. The Labute approximate surface area is 165 Å². The van der Waals surface area contributed by atoms with Crippen LogP contribution in [0.5, 0.6) is 0 Å². The summed E-state index contributed by atoms with van der Waals surface area (Å²) < 4.78 is 5.42. The first-order chi connectivity index (χ1) is 13.5. The first kappa shape index (κ1) is 18.4. The molecule has 144 valence electrons. The summed E-state index contributed by atoms with van der Waals surface area (Å²) >= 11 is 5.84. The van der Waals surface area contributed by atoms with Gasteiger partial charge in [0.1, 0.15) is 0 Å². The highest BCUT2D eigenvalue weighted by Crippen LogP contribution is 2.35. The van der Waals surface area contributed by atoms with Crippen LogP contribution in [0.25, 0.3) is 11.5 Å². The summed E-state index contributed by atoms with van der Waals surface area (Å²) in [5.41, 5.74) is 0.668. The molecule has 0 spiro atoms. The van der Waals surface area contributed by atoms with E-state index in [1.54, 1.807) is 24.3 Å². The molecule has 2 atom stereocenters. The molecule has 1 fully saturated rings. The zero-order valence-corrected chi connectivity index (χ0v) is 15.6. The van der Waals surface area contributed by atoms with E-state index in [9.17, 15) is 14.4 Å². The van der Waals surface area contributed by atoms with Gasteiger partial charge in [-0.05, 0) is 37.1 Å². The van der Waals surface area contributed by atoms with E-state index in [1.165, 1.54) is 4.90 Å². The third kappa shape index (κ3) is 3.55. The molecule has 28 heavy (non-hydrogen) atoms. The summed E-state index contributed by atoms with van der Waals surface area (Å²) in [7, 11) is 0. The summed E-state index contributed by atoms with van der Waals surface area (Å²) in [4.78, 5) is 38.1. The molecule has 1 aliphatic heterocycles. The van der Waals surface area contributed by atoms with Gasteiger partial charge in [-0.3, -0.25) is 24.6 Å². The van der Waals surface area contributed by atoms with Gasteiger partial charge in [-0.1, -0.05) is 28.9 Å². The van der Waals surface area contributed by atoms with Crippen LogP contribution in [-0.2, 0) is 14.4 Å². The van der Waals surface area contributed by atoms with E-state index in [1.807, 2.05) is 12.2 Å². The maximum atomic E-state index is 12.4. The average Bonchev–Trinajstić information content (AvgIpc) is 3.25. The standard InChI is InChI=1S/C19H17ClN4O4/c20-12-7-5-11(6-8-12)16-22-23-19(28-16)21-15(25)9-10-24-17(26)13-3-1-2-4-14(13)18(24)27/h1-2,5-8,13-14H,3-4,9-10H2,(H,21,23,25). The minimum absolute atomic E-state index is 0.0364. The van der Waals surface area contributed by atoms with E-state index in [0.29, 0.717) is 23.4 Å². The molecular weight excluding hydrogens is 384 g/mol. The van der Waals surface area contributed by atoms with Gasteiger partial charge in [0.2, 0.25) is 23.6 Å². The Hall–Kier alpha value is -3.00. The molecule has 1 N–H and O–H groups in total. The first-order valence-corrected chi connectivity index (χ1v) is 9.30. The molecule has 1 aromatic heterocycles. The number of nitrogens with one attached hydrogen (secondary N) is 1. The number of likely N-dealkylation sites (tertiary alicyclic amines) is 1. The molecule has 2 unspecified atom stereocenters. The molecule has 4 rings (SSSR count). The molecule has 2 aromatic rings. The monoisotopic (exact) mass is 400 g/mol. The number of halogens is 1. The van der Waals surface area contributed by atoms with E-state index >= 15 is 0 Å². The number of imide groups is 1. The number of amides is 3. The van der Waals surface area contributed by atoms with Crippen molar-refractivity contribution in [2.24, 2.45) is 11.8 Å². The van der Waals surface area contributed by atoms with E-state index < -0.39 is 5.91 Å². The Morgan fingerprint density at radius 1 is 1.11 bits per heavy atom. The fourth-order valence-electron chi connectivity index (χ4n) is 3.47. The summed E-state index contributed by atoms with van der Waals surface area (Å²) in [6.07, 6.45) is 4.97. The lowest BCUT2D eigenvalue weighted by Crippen LogP contribution is -2.34. The van der Waals surface area contributed by atoms with Gasteiger partial charge in [0.15, 0.2) is 0 Å². The van der Waals surface area contributed by atoms with Crippen LogP contribution in [0.3, 0.4) is 0 Å². The number of carbonyl (C=O) groups is 3. The van der Waals surface area contributed by atoms with Crippen LogP contribution in [0, 0.1) is 11.8 Å². The zero-order valence-electron chi connectivity index (χ0n) is 14.8. The SMILES string of the molecule is O=C(CCN1C(=O)C2CC=CCC2C1=O)Nc1nnc(-c2ccc(Cl)cc2)o1. The molecule has 1 saturated heterocycles. The predicted octanol–water partition coefficient (Wildman–Crippen LogP) is 2.67. The van der Waals surface area contributed by atoms with Gasteiger partial charge in [-0.2, -0.15) is 0 Å². The third-order valence-electron chi connectivity index (χ3n) is 4.92. The van der Waals surface area contributed by atoms with Crippen molar-refractivity contribution in [2.75, 3.05) is 11.9 Å². The number of nitrogens with zero attached hydrogens (tertiary/aromatic N) is 3. The highest BCUT2D eigenvalue weighted by atomic mass is 35.5. The van der Waals surface area contributed by atoms with Crippen LogP contribution in [-0.4, -0.2) is 39.4 Å². The van der Waals surface area contributed by atoms with E-state index in [2.05, 4.69) is 15.5 Å². The van der Waals surface area contributed by atoms with Crippen molar-refractivity contribution in [3.8, 4) is 11.5 Å². The van der Waals surface area contributed by atoms with Crippen molar-refractivity contribution in [1.82, 2.24) is 15.1 Å². The summed E-state index contributed by atoms with van der Waals surface area (Å²) in [5, 5.41) is 10.7. The lowest BCUT2D eigenvalue weighted by atomic mass is 9.85. The van der Waals surface area contributed by atoms with Crippen molar-refractivity contribution in [1.29, 1.82) is 0 Å². The van der Waals surface area contributed by atoms with Gasteiger partial charge in [-0.25, -0.2) is 0 Å². The van der Waals surface area contributed by atoms with E-state index in [-0.39, 0.29) is 48.5 Å². The number of aromatic nitrogens is 2. The topological polar surface area (TPSA) is 105 Å². The van der Waals surface area contributed by atoms with E-state index in [4.69, 9.17) is 16.0 Å². The van der Waals surface area contributed by atoms with Crippen molar-refractivity contribution in [3.05, 3.63) is 41.4 Å². The minimum Gasteiger partial charge on any atom is -0.403 e. The normalized spacial score (nSPS) is 21.1. The first-order valence-electron chi connectivity index (χ1n) is 8.92. The Kier molecular flexibility index (Phi) is 4.95. The van der Waals surface area contributed by atoms with Crippen LogP contribution in [0.2, 0.25) is 5.02 Å². The molecule has 1 aliphatic carbocycles. The van der Waals surface area contributed by atoms with Gasteiger partial charge in [0.25, 0.3) is 0 Å². The Balaban J connectivity index is 1.33. The molecule has 9 heteroatoms. The largest absolute Gasteiger partial charge is 0.403 e. The number of fused-ring (bicyclic) bond motifs is 1. The number of rotatable bonds is 5. The summed E-state index contributed by atoms with van der Waals surface area (Å²) in [5.74, 6) is -1.16. The maximum absolute atomic E-state index is 12.4. The number of allylic oxidation sites excluding steroid dienone is 2. The number of hydrogen-bond acceptors (Lipinski definition) is 6. The van der Waals surface area contributed by atoms with Crippen LogP contribution in [0.15, 0.2) is 40.8 Å². The van der Waals surface area contributed by atoms with Crippen LogP contribution in [0.4, 0.5) is 6.01 Å². The maximum Gasteiger partial charge on any atom is 0.322 e. The summed E-state index contributed by atoms with van der Waals surface area (Å²) in [6.45, 7) is 0.0364. The molecule has 0 radical (unpaired) electrons. The Morgan fingerprint density at radius 2 is 1.75 bits per heavy atom.